The van der Waals surface area contributed by atoms with Crippen molar-refractivity contribution in [2.45, 2.75) is 32.1 Å². The highest BCUT2D eigenvalue weighted by atomic mass is 32.2. The number of halogens is 3. The number of thioether (sulfide) groups is 1. The Balaban J connectivity index is 0.000000921. The lowest BCUT2D eigenvalue weighted by Crippen LogP contribution is -2.09. The van der Waals surface area contributed by atoms with Crippen LogP contribution in [0, 0.1) is 6.92 Å². The first-order valence-electron chi connectivity index (χ1n) is 4.40. The number of alkyl halides is 3. The molecule has 0 bridgehead atoms. The van der Waals surface area contributed by atoms with Gasteiger partial charge in [-0.15, -0.1) is 0 Å². The molecule has 0 atom stereocenters. The van der Waals surface area contributed by atoms with Crippen LogP contribution < -0.4 is 0 Å². The second-order valence-corrected chi connectivity index (χ2v) is 3.13. The van der Waals surface area contributed by atoms with Crippen LogP contribution in [0.25, 0.3) is 0 Å². The smallest absolute Gasteiger partial charge is 0.230 e. The zero-order chi connectivity index (χ0) is 12.1. The molecule has 1 aromatic heterocycles. The van der Waals surface area contributed by atoms with Gasteiger partial charge >= 0.3 is 6.18 Å². The highest BCUT2D eigenvalue weighted by molar-refractivity contribution is 7.98. The predicted molar refractivity (Wildman–Crippen MR) is 54.9 cm³/mol. The third kappa shape index (κ3) is 4.07. The zero-order valence-corrected chi connectivity index (χ0v) is 9.83. The minimum Gasteiger partial charge on any atom is -0.230 e. The monoisotopic (exact) mass is 238 g/mol. The quantitative estimate of drug-likeness (QED) is 0.552. The van der Waals surface area contributed by atoms with E-state index in [9.17, 15) is 13.2 Å². The number of aryl methyl sites for hydroxylation is 1. The van der Waals surface area contributed by atoms with E-state index in [1.165, 1.54) is 18.7 Å². The summed E-state index contributed by atoms with van der Waals surface area (Å²) >= 11 is 1.21. The van der Waals surface area contributed by atoms with Crippen molar-refractivity contribution in [2.75, 3.05) is 6.26 Å². The van der Waals surface area contributed by atoms with Gasteiger partial charge in [0, 0.05) is 6.20 Å². The summed E-state index contributed by atoms with van der Waals surface area (Å²) in [6, 6.07) is 0. The van der Waals surface area contributed by atoms with Crippen LogP contribution in [0.1, 0.15) is 25.1 Å². The number of nitrogens with zero attached hydrogens (tertiary/aromatic N) is 2. The molecule has 1 aromatic rings. The van der Waals surface area contributed by atoms with Gasteiger partial charge in [0.1, 0.15) is 0 Å². The summed E-state index contributed by atoms with van der Waals surface area (Å²) in [5, 5.41) is 0.352. The standard InChI is InChI=1S/C7H7F3N2S.C2H6/c1-4-5(7(8,9)10)3-11-6(12-4)13-2;1-2/h3H,1-2H3;1-2H3. The van der Waals surface area contributed by atoms with Crippen molar-refractivity contribution in [3.63, 3.8) is 0 Å². The van der Waals surface area contributed by atoms with Gasteiger partial charge in [0.15, 0.2) is 5.16 Å². The van der Waals surface area contributed by atoms with Gasteiger partial charge in [-0.2, -0.15) is 13.2 Å². The molecule has 0 aromatic carbocycles. The summed E-state index contributed by atoms with van der Waals surface area (Å²) in [5.74, 6) is 0. The van der Waals surface area contributed by atoms with Crippen molar-refractivity contribution in [3.8, 4) is 0 Å². The van der Waals surface area contributed by atoms with Gasteiger partial charge in [0.05, 0.1) is 11.3 Å². The molecule has 0 spiro atoms. The number of aromatic nitrogens is 2. The molecule has 2 nitrogen and oxygen atoms in total. The third-order valence-corrected chi connectivity index (χ3v) is 2.01. The van der Waals surface area contributed by atoms with E-state index in [0.717, 1.165) is 6.20 Å². The molecular weight excluding hydrogens is 225 g/mol. The van der Waals surface area contributed by atoms with E-state index in [-0.39, 0.29) is 5.69 Å². The van der Waals surface area contributed by atoms with Crippen molar-refractivity contribution >= 4 is 11.8 Å². The van der Waals surface area contributed by atoms with Crippen molar-refractivity contribution in [2.24, 2.45) is 0 Å². The van der Waals surface area contributed by atoms with Crippen LogP contribution in [0.4, 0.5) is 13.2 Å². The molecule has 0 amide bonds. The summed E-state index contributed by atoms with van der Waals surface area (Å²) in [4.78, 5) is 7.25. The van der Waals surface area contributed by atoms with Crippen molar-refractivity contribution in [3.05, 3.63) is 17.5 Å². The van der Waals surface area contributed by atoms with Crippen molar-refractivity contribution in [1.82, 2.24) is 9.97 Å². The minimum atomic E-state index is -4.36. The van der Waals surface area contributed by atoms with E-state index in [1.54, 1.807) is 6.26 Å². The van der Waals surface area contributed by atoms with Crippen molar-refractivity contribution in [1.29, 1.82) is 0 Å². The third-order valence-electron chi connectivity index (χ3n) is 1.45. The second-order valence-electron chi connectivity index (χ2n) is 2.35. The van der Waals surface area contributed by atoms with Crippen LogP contribution in [-0.4, -0.2) is 16.2 Å². The molecule has 0 aliphatic carbocycles. The molecular formula is C9H13F3N2S. The van der Waals surface area contributed by atoms with E-state index >= 15 is 0 Å². The lowest BCUT2D eigenvalue weighted by Gasteiger charge is -2.08. The summed E-state index contributed by atoms with van der Waals surface area (Å²) in [6.45, 7) is 5.32. The molecule has 0 aliphatic heterocycles. The van der Waals surface area contributed by atoms with E-state index < -0.39 is 11.7 Å². The van der Waals surface area contributed by atoms with E-state index in [4.69, 9.17) is 0 Å². The normalized spacial score (nSPS) is 10.6. The Labute approximate surface area is 91.3 Å². The minimum absolute atomic E-state index is 0.0353. The van der Waals surface area contributed by atoms with Crippen LogP contribution in [0.2, 0.25) is 0 Å². The first-order chi connectivity index (χ1) is 6.95. The molecule has 1 heterocycles. The van der Waals surface area contributed by atoms with Crippen LogP contribution in [0.15, 0.2) is 11.4 Å². The summed E-state index contributed by atoms with van der Waals surface area (Å²) in [5.41, 5.74) is -0.808. The highest BCUT2D eigenvalue weighted by Crippen LogP contribution is 2.30. The zero-order valence-electron chi connectivity index (χ0n) is 9.01. The average Bonchev–Trinajstić information content (AvgIpc) is 2.18. The number of hydrogen-bond acceptors (Lipinski definition) is 3. The highest BCUT2D eigenvalue weighted by Gasteiger charge is 2.33. The molecule has 0 aliphatic rings. The maximum absolute atomic E-state index is 12.2. The lowest BCUT2D eigenvalue weighted by atomic mass is 10.2. The Morgan fingerprint density at radius 2 is 1.80 bits per heavy atom. The first-order valence-corrected chi connectivity index (χ1v) is 5.62. The summed E-state index contributed by atoms with van der Waals surface area (Å²) in [7, 11) is 0. The van der Waals surface area contributed by atoms with Gasteiger partial charge in [-0.3, -0.25) is 0 Å². The van der Waals surface area contributed by atoms with Crippen LogP contribution in [0.3, 0.4) is 0 Å². The van der Waals surface area contributed by atoms with Crippen molar-refractivity contribution < 1.29 is 13.2 Å². The fraction of sp³-hybridized carbons (Fsp3) is 0.556. The Hall–Kier alpha value is -0.780. The predicted octanol–water partition coefficient (Wildman–Crippen LogP) is 3.55. The average molecular weight is 238 g/mol. The van der Waals surface area contributed by atoms with Gasteiger partial charge < -0.3 is 0 Å². The molecule has 0 saturated carbocycles. The molecule has 0 N–H and O–H groups in total. The second kappa shape index (κ2) is 5.95. The Bertz CT molecular complexity index is 313. The molecule has 0 saturated heterocycles. The van der Waals surface area contributed by atoms with Crippen LogP contribution in [0.5, 0.6) is 0 Å². The van der Waals surface area contributed by atoms with Crippen LogP contribution >= 0.6 is 11.8 Å². The Morgan fingerprint density at radius 3 is 2.13 bits per heavy atom. The molecule has 0 fully saturated rings. The molecule has 15 heavy (non-hydrogen) atoms. The fourth-order valence-electron chi connectivity index (χ4n) is 0.822. The molecule has 6 heteroatoms. The maximum Gasteiger partial charge on any atom is 0.419 e. The Morgan fingerprint density at radius 1 is 1.27 bits per heavy atom. The summed E-state index contributed by atoms with van der Waals surface area (Å²) < 4.78 is 36.6. The van der Waals surface area contributed by atoms with Gasteiger partial charge in [0.25, 0.3) is 0 Å². The fourth-order valence-corrected chi connectivity index (χ4v) is 1.21. The van der Waals surface area contributed by atoms with E-state index in [2.05, 4.69) is 9.97 Å². The van der Waals surface area contributed by atoms with Gasteiger partial charge in [-0.1, -0.05) is 25.6 Å². The maximum atomic E-state index is 12.2. The number of rotatable bonds is 1. The molecule has 86 valence electrons. The summed E-state index contributed by atoms with van der Waals surface area (Å²) in [6.07, 6.45) is -1.84. The molecule has 1 rings (SSSR count). The SMILES string of the molecule is CC.CSc1ncc(C(F)(F)F)c(C)n1. The van der Waals surface area contributed by atoms with Gasteiger partial charge in [-0.25, -0.2) is 9.97 Å². The topological polar surface area (TPSA) is 25.8 Å². The Kier molecular flexibility index (Phi) is 5.64. The number of hydrogen-bond donors (Lipinski definition) is 0. The first kappa shape index (κ1) is 14.2. The molecule has 0 unspecified atom stereocenters. The van der Waals surface area contributed by atoms with Gasteiger partial charge in [0.2, 0.25) is 0 Å². The van der Waals surface area contributed by atoms with Crippen LogP contribution in [-0.2, 0) is 6.18 Å². The van der Waals surface area contributed by atoms with Gasteiger partial charge in [-0.05, 0) is 13.2 Å². The molecule has 0 radical (unpaired) electrons. The van der Waals surface area contributed by atoms with E-state index in [0.29, 0.717) is 5.16 Å². The van der Waals surface area contributed by atoms with E-state index in [1.807, 2.05) is 13.8 Å². The lowest BCUT2D eigenvalue weighted by molar-refractivity contribution is -0.138. The largest absolute Gasteiger partial charge is 0.419 e.